The van der Waals surface area contributed by atoms with E-state index >= 15 is 0 Å². The first-order chi connectivity index (χ1) is 14.6. The molecule has 0 aromatic carbocycles. The quantitative estimate of drug-likeness (QED) is 0.646. The topological polar surface area (TPSA) is 72.6 Å². The second-order valence-electron chi connectivity index (χ2n) is 8.28. The number of pyridine rings is 1. The minimum absolute atomic E-state index is 0.142. The number of aromatic nitrogens is 4. The van der Waals surface area contributed by atoms with Crippen LogP contribution in [0.1, 0.15) is 53.3 Å². The highest BCUT2D eigenvalue weighted by Gasteiger charge is 2.27. The second kappa shape index (κ2) is 7.66. The maximum atomic E-state index is 13.4. The van der Waals surface area contributed by atoms with Gasteiger partial charge in [0.15, 0.2) is 5.65 Å². The van der Waals surface area contributed by atoms with Crippen LogP contribution in [0.5, 0.6) is 5.88 Å². The molecule has 0 radical (unpaired) electrons. The van der Waals surface area contributed by atoms with Gasteiger partial charge in [-0.25, -0.2) is 18.9 Å². The predicted molar refractivity (Wildman–Crippen MR) is 108 cm³/mol. The van der Waals surface area contributed by atoms with Crippen LogP contribution in [0.4, 0.5) is 4.39 Å². The van der Waals surface area contributed by atoms with Crippen molar-refractivity contribution in [2.75, 3.05) is 19.7 Å². The first kappa shape index (κ1) is 19.0. The van der Waals surface area contributed by atoms with Crippen LogP contribution in [0.25, 0.3) is 5.65 Å². The van der Waals surface area contributed by atoms with Crippen molar-refractivity contribution in [2.24, 2.45) is 5.92 Å². The van der Waals surface area contributed by atoms with Crippen molar-refractivity contribution < 1.29 is 13.9 Å². The van der Waals surface area contributed by atoms with E-state index in [1.165, 1.54) is 18.9 Å². The number of ether oxygens (including phenoxy) is 1. The number of hydrogen-bond donors (Lipinski definition) is 0. The lowest BCUT2D eigenvalue weighted by atomic mass is 9.97. The Balaban J connectivity index is 1.15. The van der Waals surface area contributed by atoms with Crippen molar-refractivity contribution in [2.45, 2.75) is 38.5 Å². The van der Waals surface area contributed by atoms with E-state index in [0.29, 0.717) is 48.7 Å². The highest BCUT2D eigenvalue weighted by molar-refractivity contribution is 5.92. The van der Waals surface area contributed by atoms with Gasteiger partial charge in [-0.3, -0.25) is 4.79 Å². The number of amides is 1. The Hall–Kier alpha value is -3.03. The summed E-state index contributed by atoms with van der Waals surface area (Å²) in [6, 6.07) is 5.31. The summed E-state index contributed by atoms with van der Waals surface area (Å²) in [5, 5.41) is 4.52. The zero-order valence-electron chi connectivity index (χ0n) is 16.9. The van der Waals surface area contributed by atoms with E-state index < -0.39 is 5.82 Å². The maximum absolute atomic E-state index is 13.4. The molecule has 4 heterocycles. The summed E-state index contributed by atoms with van der Waals surface area (Å²) in [7, 11) is 0. The van der Waals surface area contributed by atoms with Gasteiger partial charge in [0.1, 0.15) is 11.5 Å². The molecule has 0 atom stereocenters. The van der Waals surface area contributed by atoms with E-state index in [1.807, 2.05) is 18.3 Å². The van der Waals surface area contributed by atoms with Gasteiger partial charge in [0.05, 0.1) is 24.7 Å². The van der Waals surface area contributed by atoms with Crippen LogP contribution in [-0.2, 0) is 0 Å². The Morgan fingerprint density at radius 2 is 2.03 bits per heavy atom. The number of hydrogen-bond acceptors (Lipinski definition) is 5. The summed E-state index contributed by atoms with van der Waals surface area (Å²) in [6.45, 7) is 3.49. The van der Waals surface area contributed by atoms with Crippen LogP contribution in [0.2, 0.25) is 0 Å². The van der Waals surface area contributed by atoms with Gasteiger partial charge in [-0.15, -0.1) is 5.10 Å². The van der Waals surface area contributed by atoms with Crippen molar-refractivity contribution in [1.29, 1.82) is 0 Å². The van der Waals surface area contributed by atoms with Crippen molar-refractivity contribution >= 4 is 11.6 Å². The molecule has 1 amide bonds. The molecule has 2 aliphatic rings. The van der Waals surface area contributed by atoms with Crippen molar-refractivity contribution in [3.05, 3.63) is 53.4 Å². The van der Waals surface area contributed by atoms with Crippen LogP contribution in [-0.4, -0.2) is 50.1 Å². The third-order valence-electron chi connectivity index (χ3n) is 5.94. The van der Waals surface area contributed by atoms with Crippen LogP contribution in [0, 0.1) is 18.7 Å². The average molecular weight is 409 g/mol. The molecule has 1 saturated carbocycles. The normalized spacial score (nSPS) is 17.5. The highest BCUT2D eigenvalue weighted by atomic mass is 19.1. The Kier molecular flexibility index (Phi) is 4.84. The molecular weight excluding hydrogens is 385 g/mol. The number of aryl methyl sites for hydroxylation is 1. The molecule has 8 heteroatoms. The molecule has 1 aliphatic carbocycles. The molecule has 1 aliphatic heterocycles. The predicted octanol–water partition coefficient (Wildman–Crippen LogP) is 3.38. The SMILES string of the molecule is Cc1cc(C(=O)N2CCC(COc3ccc4nc(C5CC5)cn4n3)CC2)ncc1F. The lowest BCUT2D eigenvalue weighted by Gasteiger charge is -2.31. The number of rotatable bonds is 5. The number of piperidine rings is 1. The van der Waals surface area contributed by atoms with Gasteiger partial charge in [0.2, 0.25) is 5.88 Å². The molecule has 3 aromatic heterocycles. The van der Waals surface area contributed by atoms with Gasteiger partial charge in [0.25, 0.3) is 5.91 Å². The molecule has 0 bridgehead atoms. The Morgan fingerprint density at radius 1 is 1.23 bits per heavy atom. The minimum Gasteiger partial charge on any atom is -0.476 e. The smallest absolute Gasteiger partial charge is 0.272 e. The van der Waals surface area contributed by atoms with Crippen LogP contribution in [0.3, 0.4) is 0 Å². The highest BCUT2D eigenvalue weighted by Crippen LogP contribution is 2.39. The molecule has 156 valence electrons. The summed E-state index contributed by atoms with van der Waals surface area (Å²) in [6.07, 6.45) is 7.24. The Morgan fingerprint density at radius 3 is 2.77 bits per heavy atom. The van der Waals surface area contributed by atoms with Gasteiger partial charge in [-0.05, 0) is 56.2 Å². The summed E-state index contributed by atoms with van der Waals surface area (Å²) in [5.41, 5.74) is 2.69. The van der Waals surface area contributed by atoms with Crippen molar-refractivity contribution in [3.63, 3.8) is 0 Å². The zero-order chi connectivity index (χ0) is 20.7. The summed E-state index contributed by atoms with van der Waals surface area (Å²) in [5.74, 6) is 1.01. The molecule has 0 N–H and O–H groups in total. The van der Waals surface area contributed by atoms with E-state index in [0.717, 1.165) is 30.4 Å². The third-order valence-corrected chi connectivity index (χ3v) is 5.94. The number of nitrogens with zero attached hydrogens (tertiary/aromatic N) is 5. The monoisotopic (exact) mass is 409 g/mol. The summed E-state index contributed by atoms with van der Waals surface area (Å²) in [4.78, 5) is 23.0. The fraction of sp³-hybridized carbons (Fsp3) is 0.455. The lowest BCUT2D eigenvalue weighted by Crippen LogP contribution is -2.40. The number of halogens is 1. The molecule has 30 heavy (non-hydrogen) atoms. The Labute approximate surface area is 173 Å². The summed E-state index contributed by atoms with van der Waals surface area (Å²) >= 11 is 0. The molecule has 0 unspecified atom stereocenters. The summed E-state index contributed by atoms with van der Waals surface area (Å²) < 4.78 is 21.1. The number of carbonyl (C=O) groups is 1. The standard InChI is InChI=1S/C22H24FN5O2/c1-14-10-18(24-11-17(14)23)22(29)27-8-6-15(7-9-27)13-30-21-5-4-20-25-19(16-2-3-16)12-28(20)26-21/h4-5,10-12,15-16H,2-3,6-9,13H2,1H3. The van der Waals surface area contributed by atoms with Gasteiger partial charge in [-0.2, -0.15) is 0 Å². The molecule has 2 fully saturated rings. The molecule has 5 rings (SSSR count). The molecular formula is C22H24FN5O2. The van der Waals surface area contributed by atoms with E-state index in [1.54, 1.807) is 16.3 Å². The van der Waals surface area contributed by atoms with E-state index in [9.17, 15) is 9.18 Å². The lowest BCUT2D eigenvalue weighted by molar-refractivity contribution is 0.0653. The number of fused-ring (bicyclic) bond motifs is 1. The van der Waals surface area contributed by atoms with Crippen molar-refractivity contribution in [1.82, 2.24) is 24.5 Å². The molecule has 3 aromatic rings. The van der Waals surface area contributed by atoms with Gasteiger partial charge < -0.3 is 9.64 Å². The zero-order valence-corrected chi connectivity index (χ0v) is 16.9. The number of carbonyl (C=O) groups excluding carboxylic acids is 1. The van der Waals surface area contributed by atoms with Gasteiger partial charge in [0, 0.05) is 25.1 Å². The van der Waals surface area contributed by atoms with Gasteiger partial charge in [-0.1, -0.05) is 0 Å². The molecule has 0 spiro atoms. The fourth-order valence-corrected chi connectivity index (χ4v) is 3.86. The molecule has 1 saturated heterocycles. The van der Waals surface area contributed by atoms with Crippen LogP contribution in [0.15, 0.2) is 30.6 Å². The van der Waals surface area contributed by atoms with E-state index in [4.69, 9.17) is 4.74 Å². The molecule has 7 nitrogen and oxygen atoms in total. The minimum atomic E-state index is -0.395. The first-order valence-electron chi connectivity index (χ1n) is 10.5. The average Bonchev–Trinajstić information content (AvgIpc) is 3.53. The first-order valence-corrected chi connectivity index (χ1v) is 10.5. The van der Waals surface area contributed by atoms with Crippen LogP contribution >= 0.6 is 0 Å². The number of likely N-dealkylation sites (tertiary alicyclic amines) is 1. The maximum Gasteiger partial charge on any atom is 0.272 e. The van der Waals surface area contributed by atoms with E-state index in [2.05, 4.69) is 15.1 Å². The van der Waals surface area contributed by atoms with Gasteiger partial charge >= 0.3 is 0 Å². The number of imidazole rings is 1. The van der Waals surface area contributed by atoms with E-state index in [-0.39, 0.29) is 5.91 Å². The third kappa shape index (κ3) is 3.86. The van der Waals surface area contributed by atoms with Crippen LogP contribution < -0.4 is 4.74 Å². The Bertz CT molecular complexity index is 1090. The second-order valence-corrected chi connectivity index (χ2v) is 8.28. The van der Waals surface area contributed by atoms with Crippen molar-refractivity contribution in [3.8, 4) is 5.88 Å². The largest absolute Gasteiger partial charge is 0.476 e. The fourth-order valence-electron chi connectivity index (χ4n) is 3.86.